The van der Waals surface area contributed by atoms with Gasteiger partial charge >= 0.3 is 0 Å². The number of amides is 1. The molecule has 1 N–H and O–H groups in total. The molecule has 0 fully saturated rings. The van der Waals surface area contributed by atoms with Gasteiger partial charge in [-0.2, -0.15) is 5.10 Å². The molecule has 106 valence electrons. The summed E-state index contributed by atoms with van der Waals surface area (Å²) in [5.41, 5.74) is 1.20. The van der Waals surface area contributed by atoms with E-state index in [1.807, 2.05) is 44.2 Å². The third kappa shape index (κ3) is 2.63. The first kappa shape index (κ1) is 13.3. The van der Waals surface area contributed by atoms with Crippen molar-refractivity contribution in [1.82, 2.24) is 14.8 Å². The molecule has 5 heteroatoms. The summed E-state index contributed by atoms with van der Waals surface area (Å²) in [6, 6.07) is 13.3. The third-order valence-corrected chi connectivity index (χ3v) is 3.23. The molecule has 0 atom stereocenters. The molecule has 2 heterocycles. The first-order valence-electron chi connectivity index (χ1n) is 6.86. The van der Waals surface area contributed by atoms with E-state index < -0.39 is 0 Å². The number of carbonyl (C=O) groups is 1. The van der Waals surface area contributed by atoms with E-state index >= 15 is 0 Å². The Kier molecular flexibility index (Phi) is 3.39. The Morgan fingerprint density at radius 3 is 2.76 bits per heavy atom. The van der Waals surface area contributed by atoms with E-state index in [1.165, 1.54) is 0 Å². The lowest BCUT2D eigenvalue weighted by Gasteiger charge is -2.11. The second-order valence-corrected chi connectivity index (χ2v) is 5.10. The Bertz CT molecular complexity index is 792. The van der Waals surface area contributed by atoms with Crippen LogP contribution >= 0.6 is 0 Å². The Labute approximate surface area is 122 Å². The molecule has 0 radical (unpaired) electrons. The zero-order valence-electron chi connectivity index (χ0n) is 11.9. The number of fused-ring (bicyclic) bond motifs is 1. The van der Waals surface area contributed by atoms with Crippen LogP contribution in [0.25, 0.3) is 10.9 Å². The Balaban J connectivity index is 1.88. The van der Waals surface area contributed by atoms with Crippen molar-refractivity contribution in [3.63, 3.8) is 0 Å². The molecule has 21 heavy (non-hydrogen) atoms. The Hall–Kier alpha value is -2.69. The lowest BCUT2D eigenvalue weighted by atomic mass is 10.2. The normalized spacial score (nSPS) is 11.0. The van der Waals surface area contributed by atoms with Crippen molar-refractivity contribution in [2.75, 3.05) is 5.32 Å². The van der Waals surface area contributed by atoms with Crippen molar-refractivity contribution < 1.29 is 4.79 Å². The van der Waals surface area contributed by atoms with Gasteiger partial charge < -0.3 is 5.32 Å². The first-order valence-corrected chi connectivity index (χ1v) is 6.86. The molecular weight excluding hydrogens is 264 g/mol. The van der Waals surface area contributed by atoms with Gasteiger partial charge in [0.25, 0.3) is 5.91 Å². The van der Waals surface area contributed by atoms with Crippen LogP contribution in [0.5, 0.6) is 0 Å². The van der Waals surface area contributed by atoms with E-state index in [0.29, 0.717) is 11.5 Å². The second kappa shape index (κ2) is 5.36. The monoisotopic (exact) mass is 280 g/mol. The zero-order valence-corrected chi connectivity index (χ0v) is 11.9. The summed E-state index contributed by atoms with van der Waals surface area (Å²) in [6.45, 7) is 4.02. The quantitative estimate of drug-likeness (QED) is 0.801. The minimum atomic E-state index is -0.233. The molecule has 5 nitrogen and oxygen atoms in total. The standard InChI is InChI=1S/C16H16N4O/c1-11(2)20-15(9-10-17-20)19-16(21)14-8-7-12-5-3-4-6-13(12)18-14/h3-11H,1-2H3,(H,19,21). The molecule has 0 unspecified atom stereocenters. The number of para-hydroxylation sites is 1. The summed E-state index contributed by atoms with van der Waals surface area (Å²) in [4.78, 5) is 16.7. The van der Waals surface area contributed by atoms with E-state index in [0.717, 1.165) is 10.9 Å². The topological polar surface area (TPSA) is 59.8 Å². The average molecular weight is 280 g/mol. The highest BCUT2D eigenvalue weighted by Crippen LogP contribution is 2.16. The third-order valence-electron chi connectivity index (χ3n) is 3.23. The minimum absolute atomic E-state index is 0.180. The molecule has 1 aromatic carbocycles. The lowest BCUT2D eigenvalue weighted by Crippen LogP contribution is -2.17. The van der Waals surface area contributed by atoms with Crippen LogP contribution < -0.4 is 5.32 Å². The Morgan fingerprint density at radius 1 is 1.14 bits per heavy atom. The fourth-order valence-electron chi connectivity index (χ4n) is 2.20. The van der Waals surface area contributed by atoms with Crippen LogP contribution in [-0.2, 0) is 0 Å². The molecule has 0 saturated carbocycles. The number of nitrogens with zero attached hydrogens (tertiary/aromatic N) is 3. The van der Waals surface area contributed by atoms with Crippen LogP contribution in [0.2, 0.25) is 0 Å². The van der Waals surface area contributed by atoms with Gasteiger partial charge in [-0.15, -0.1) is 0 Å². The van der Waals surface area contributed by atoms with Crippen LogP contribution in [0.3, 0.4) is 0 Å². The number of hydrogen-bond donors (Lipinski definition) is 1. The van der Waals surface area contributed by atoms with E-state index in [4.69, 9.17) is 0 Å². The predicted molar refractivity (Wildman–Crippen MR) is 82.3 cm³/mol. The van der Waals surface area contributed by atoms with Crippen molar-refractivity contribution in [3.05, 3.63) is 54.4 Å². The van der Waals surface area contributed by atoms with Gasteiger partial charge in [-0.05, 0) is 26.0 Å². The number of anilines is 1. The second-order valence-electron chi connectivity index (χ2n) is 5.10. The van der Waals surface area contributed by atoms with Crippen molar-refractivity contribution in [3.8, 4) is 0 Å². The van der Waals surface area contributed by atoms with Crippen molar-refractivity contribution in [2.24, 2.45) is 0 Å². The van der Waals surface area contributed by atoms with Crippen LogP contribution in [0, 0.1) is 0 Å². The van der Waals surface area contributed by atoms with Crippen LogP contribution in [0.4, 0.5) is 5.82 Å². The summed E-state index contributed by atoms with van der Waals surface area (Å²) < 4.78 is 1.76. The van der Waals surface area contributed by atoms with Crippen LogP contribution in [0.1, 0.15) is 30.4 Å². The largest absolute Gasteiger partial charge is 0.305 e. The number of nitrogens with one attached hydrogen (secondary N) is 1. The van der Waals surface area contributed by atoms with Crippen LogP contribution in [0.15, 0.2) is 48.7 Å². The smallest absolute Gasteiger partial charge is 0.275 e. The average Bonchev–Trinajstić information content (AvgIpc) is 2.95. The summed E-state index contributed by atoms with van der Waals surface area (Å²) in [7, 11) is 0. The molecule has 3 rings (SSSR count). The van der Waals surface area contributed by atoms with Crippen molar-refractivity contribution in [2.45, 2.75) is 19.9 Å². The molecule has 0 bridgehead atoms. The van der Waals surface area contributed by atoms with Gasteiger partial charge in [0.2, 0.25) is 0 Å². The number of benzene rings is 1. The molecule has 2 aromatic heterocycles. The maximum absolute atomic E-state index is 12.3. The van der Waals surface area contributed by atoms with Gasteiger partial charge in [0.1, 0.15) is 11.5 Å². The SMILES string of the molecule is CC(C)n1nccc1NC(=O)c1ccc2ccccc2n1. The lowest BCUT2D eigenvalue weighted by molar-refractivity contribution is 0.102. The van der Waals surface area contributed by atoms with E-state index in [-0.39, 0.29) is 11.9 Å². The van der Waals surface area contributed by atoms with Crippen LogP contribution in [-0.4, -0.2) is 20.7 Å². The minimum Gasteiger partial charge on any atom is -0.305 e. The van der Waals surface area contributed by atoms with Gasteiger partial charge in [-0.3, -0.25) is 4.79 Å². The summed E-state index contributed by atoms with van der Waals surface area (Å²) in [5, 5.41) is 8.06. The van der Waals surface area contributed by atoms with E-state index in [2.05, 4.69) is 15.4 Å². The molecule has 1 amide bonds. The van der Waals surface area contributed by atoms with Gasteiger partial charge in [0.05, 0.1) is 11.7 Å². The Morgan fingerprint density at radius 2 is 1.95 bits per heavy atom. The number of hydrogen-bond acceptors (Lipinski definition) is 3. The molecule has 0 aliphatic rings. The van der Waals surface area contributed by atoms with E-state index in [9.17, 15) is 4.79 Å². The molecule has 3 aromatic rings. The highest BCUT2D eigenvalue weighted by Gasteiger charge is 2.12. The molecule has 0 aliphatic carbocycles. The highest BCUT2D eigenvalue weighted by atomic mass is 16.2. The number of pyridine rings is 1. The summed E-state index contributed by atoms with van der Waals surface area (Å²) >= 11 is 0. The fourth-order valence-corrected chi connectivity index (χ4v) is 2.20. The van der Waals surface area contributed by atoms with Gasteiger partial charge in [0, 0.05) is 17.5 Å². The van der Waals surface area contributed by atoms with E-state index in [1.54, 1.807) is 23.0 Å². The van der Waals surface area contributed by atoms with Gasteiger partial charge in [-0.1, -0.05) is 24.3 Å². The van der Waals surface area contributed by atoms with Gasteiger partial charge in [0.15, 0.2) is 0 Å². The fraction of sp³-hybridized carbons (Fsp3) is 0.188. The molecule has 0 saturated heterocycles. The molecular formula is C16H16N4O. The maximum Gasteiger partial charge on any atom is 0.275 e. The summed E-state index contributed by atoms with van der Waals surface area (Å²) in [5.74, 6) is 0.438. The molecule has 0 spiro atoms. The zero-order chi connectivity index (χ0) is 14.8. The predicted octanol–water partition coefficient (Wildman–Crippen LogP) is 3.26. The highest BCUT2D eigenvalue weighted by molar-refractivity contribution is 6.03. The first-order chi connectivity index (χ1) is 10.1. The molecule has 0 aliphatic heterocycles. The van der Waals surface area contributed by atoms with Crippen molar-refractivity contribution >= 4 is 22.6 Å². The number of carbonyl (C=O) groups excluding carboxylic acids is 1. The van der Waals surface area contributed by atoms with Crippen molar-refractivity contribution in [1.29, 1.82) is 0 Å². The summed E-state index contributed by atoms with van der Waals surface area (Å²) in [6.07, 6.45) is 1.67. The number of rotatable bonds is 3. The number of aromatic nitrogens is 3. The van der Waals surface area contributed by atoms with Gasteiger partial charge in [-0.25, -0.2) is 9.67 Å². The maximum atomic E-state index is 12.3.